The lowest BCUT2D eigenvalue weighted by Gasteiger charge is -2.13. The zero-order chi connectivity index (χ0) is 21.5. The fourth-order valence-corrected chi connectivity index (χ4v) is 3.95. The van der Waals surface area contributed by atoms with Gasteiger partial charge in [-0.05, 0) is 43.0 Å². The Hall–Kier alpha value is -3.68. The average Bonchev–Trinajstić information content (AvgIpc) is 3.46. The molecule has 0 aliphatic heterocycles. The molecule has 2 N–H and O–H groups in total. The van der Waals surface area contributed by atoms with Crippen LogP contribution in [0.25, 0.3) is 22.4 Å². The highest BCUT2D eigenvalue weighted by molar-refractivity contribution is 5.83. The molecular weight excluding hydrogens is 393 g/mol. The summed E-state index contributed by atoms with van der Waals surface area (Å²) in [6, 6.07) is 4.81. The highest BCUT2D eigenvalue weighted by Gasteiger charge is 2.15. The van der Waals surface area contributed by atoms with E-state index in [1.54, 1.807) is 18.3 Å². The van der Waals surface area contributed by atoms with Crippen molar-refractivity contribution in [1.29, 1.82) is 0 Å². The molecule has 158 valence electrons. The van der Waals surface area contributed by atoms with Crippen LogP contribution in [0.15, 0.2) is 49.2 Å². The van der Waals surface area contributed by atoms with Crippen LogP contribution >= 0.6 is 0 Å². The number of halogens is 1. The minimum Gasteiger partial charge on any atom is -0.367 e. The normalized spacial score (nSPS) is 11.8. The van der Waals surface area contributed by atoms with Crippen LogP contribution < -0.4 is 5.32 Å². The van der Waals surface area contributed by atoms with Crippen LogP contribution in [-0.2, 0) is 6.42 Å². The second kappa shape index (κ2) is 7.54. The Morgan fingerprint density at radius 2 is 2.10 bits per heavy atom. The van der Waals surface area contributed by atoms with E-state index in [0.29, 0.717) is 18.3 Å². The summed E-state index contributed by atoms with van der Waals surface area (Å²) in [5.41, 5.74) is 3.90. The predicted molar refractivity (Wildman–Crippen MR) is 119 cm³/mol. The molecular formula is C23H24FN7. The first kappa shape index (κ1) is 19.3. The van der Waals surface area contributed by atoms with Crippen LogP contribution in [0.2, 0.25) is 0 Å². The van der Waals surface area contributed by atoms with Gasteiger partial charge in [-0.15, -0.1) is 0 Å². The number of hydrogen-bond acceptors (Lipinski definition) is 4. The summed E-state index contributed by atoms with van der Waals surface area (Å²) in [6.45, 7) is 6.89. The van der Waals surface area contributed by atoms with Gasteiger partial charge in [0.1, 0.15) is 11.6 Å². The van der Waals surface area contributed by atoms with Gasteiger partial charge in [0.15, 0.2) is 17.3 Å². The molecule has 0 atom stereocenters. The van der Waals surface area contributed by atoms with E-state index < -0.39 is 0 Å². The molecule has 0 bridgehead atoms. The third-order valence-electron chi connectivity index (χ3n) is 5.59. The van der Waals surface area contributed by atoms with Gasteiger partial charge in [0, 0.05) is 47.9 Å². The van der Waals surface area contributed by atoms with Crippen molar-refractivity contribution in [3.8, 4) is 5.82 Å². The molecule has 0 radical (unpaired) electrons. The van der Waals surface area contributed by atoms with E-state index in [1.165, 1.54) is 6.07 Å². The molecule has 4 aromatic heterocycles. The summed E-state index contributed by atoms with van der Waals surface area (Å²) in [5.74, 6) is 2.45. The molecule has 0 fully saturated rings. The molecule has 0 aliphatic carbocycles. The van der Waals surface area contributed by atoms with Crippen LogP contribution in [0.4, 0.5) is 10.2 Å². The second-order valence-electron chi connectivity index (χ2n) is 8.00. The van der Waals surface area contributed by atoms with E-state index in [4.69, 9.17) is 4.98 Å². The van der Waals surface area contributed by atoms with Crippen molar-refractivity contribution in [2.45, 2.75) is 33.1 Å². The number of H-pyrrole nitrogens is 1. The number of imidazole rings is 2. The van der Waals surface area contributed by atoms with Gasteiger partial charge >= 0.3 is 0 Å². The van der Waals surface area contributed by atoms with Gasteiger partial charge in [-0.2, -0.15) is 0 Å². The summed E-state index contributed by atoms with van der Waals surface area (Å²) in [7, 11) is 0. The number of rotatable bonds is 6. The first-order valence-electron chi connectivity index (χ1n) is 10.4. The Bertz CT molecular complexity index is 1380. The molecule has 31 heavy (non-hydrogen) atoms. The van der Waals surface area contributed by atoms with E-state index in [9.17, 15) is 4.39 Å². The average molecular weight is 417 g/mol. The van der Waals surface area contributed by atoms with Gasteiger partial charge in [0.05, 0.1) is 6.20 Å². The number of benzene rings is 1. The summed E-state index contributed by atoms with van der Waals surface area (Å²) in [5, 5.41) is 4.35. The summed E-state index contributed by atoms with van der Waals surface area (Å²) >= 11 is 0. The summed E-state index contributed by atoms with van der Waals surface area (Å²) in [6.07, 6.45) is 10.2. The predicted octanol–water partition coefficient (Wildman–Crippen LogP) is 4.62. The van der Waals surface area contributed by atoms with Gasteiger partial charge in [0.25, 0.3) is 0 Å². The zero-order valence-electron chi connectivity index (χ0n) is 17.7. The van der Waals surface area contributed by atoms with Gasteiger partial charge in [0.2, 0.25) is 0 Å². The second-order valence-corrected chi connectivity index (χ2v) is 8.00. The van der Waals surface area contributed by atoms with Crippen LogP contribution in [-0.4, -0.2) is 35.4 Å². The maximum absolute atomic E-state index is 13.7. The summed E-state index contributed by atoms with van der Waals surface area (Å²) in [4.78, 5) is 17.0. The van der Waals surface area contributed by atoms with Crippen LogP contribution in [0, 0.1) is 12.7 Å². The number of aryl methyl sites for hydroxylation is 1. The molecule has 1 aromatic carbocycles. The minimum absolute atomic E-state index is 0.230. The van der Waals surface area contributed by atoms with E-state index >= 15 is 0 Å². The van der Waals surface area contributed by atoms with Crippen molar-refractivity contribution < 1.29 is 4.39 Å². The van der Waals surface area contributed by atoms with Crippen molar-refractivity contribution in [1.82, 2.24) is 28.9 Å². The molecule has 5 aromatic rings. The largest absolute Gasteiger partial charge is 0.367 e. The Kier molecular flexibility index (Phi) is 4.69. The molecule has 8 heteroatoms. The van der Waals surface area contributed by atoms with Crippen LogP contribution in [0.5, 0.6) is 0 Å². The number of aromatic nitrogens is 6. The third-order valence-corrected chi connectivity index (χ3v) is 5.59. The standard InChI is InChI=1S/C23H24FN7/c1-14(2)20-12-28-23-22(29-21(13-31(20)23)30-9-8-25-15(30)3)26-7-6-16-11-27-19-5-4-17(24)10-18(16)19/h4-5,8-14,27H,6-7H2,1-3H3,(H,26,29). The van der Waals surface area contributed by atoms with Gasteiger partial charge in [-0.1, -0.05) is 13.8 Å². The van der Waals surface area contributed by atoms with Gasteiger partial charge in [-0.3, -0.25) is 8.97 Å². The van der Waals surface area contributed by atoms with Crippen molar-refractivity contribution in [3.63, 3.8) is 0 Å². The topological polar surface area (TPSA) is 75.8 Å². The van der Waals surface area contributed by atoms with Gasteiger partial charge in [-0.25, -0.2) is 19.3 Å². The molecule has 0 aliphatic rings. The zero-order valence-corrected chi connectivity index (χ0v) is 17.7. The van der Waals surface area contributed by atoms with Crippen LogP contribution in [0.3, 0.4) is 0 Å². The first-order valence-corrected chi connectivity index (χ1v) is 10.4. The molecule has 0 spiro atoms. The number of nitrogens with zero attached hydrogens (tertiary/aromatic N) is 5. The monoisotopic (exact) mass is 417 g/mol. The van der Waals surface area contributed by atoms with Gasteiger partial charge < -0.3 is 10.3 Å². The lowest BCUT2D eigenvalue weighted by Crippen LogP contribution is -2.11. The molecule has 5 rings (SSSR count). The SMILES string of the molecule is Cc1nccn1-c1cn2c(C(C)C)cnc2c(NCCc2c[nH]c3ccc(F)cc23)n1. The number of nitrogens with one attached hydrogen (secondary N) is 2. The van der Waals surface area contributed by atoms with E-state index in [-0.39, 0.29) is 5.82 Å². The fraction of sp³-hybridized carbons (Fsp3) is 0.261. The maximum Gasteiger partial charge on any atom is 0.180 e. The Balaban J connectivity index is 1.48. The smallest absolute Gasteiger partial charge is 0.180 e. The third kappa shape index (κ3) is 3.43. The van der Waals surface area contributed by atoms with E-state index in [1.807, 2.05) is 36.3 Å². The number of aromatic amines is 1. The molecule has 0 amide bonds. The van der Waals surface area contributed by atoms with Crippen molar-refractivity contribution in [2.24, 2.45) is 0 Å². The van der Waals surface area contributed by atoms with Crippen LogP contribution in [0.1, 0.15) is 36.8 Å². The summed E-state index contributed by atoms with van der Waals surface area (Å²) < 4.78 is 17.7. The first-order chi connectivity index (χ1) is 15.0. The maximum atomic E-state index is 13.7. The lowest BCUT2D eigenvalue weighted by molar-refractivity contribution is 0.629. The lowest BCUT2D eigenvalue weighted by atomic mass is 10.1. The number of anilines is 1. The quantitative estimate of drug-likeness (QED) is 0.423. The Morgan fingerprint density at radius 3 is 2.87 bits per heavy atom. The van der Waals surface area contributed by atoms with Crippen molar-refractivity contribution in [3.05, 3.63) is 72.1 Å². The molecule has 0 saturated carbocycles. The number of hydrogen-bond donors (Lipinski definition) is 2. The van der Waals surface area contributed by atoms with E-state index in [2.05, 4.69) is 38.5 Å². The van der Waals surface area contributed by atoms with E-state index in [0.717, 1.165) is 45.9 Å². The minimum atomic E-state index is -0.230. The Labute approximate surface area is 179 Å². The molecule has 0 unspecified atom stereocenters. The molecule has 0 saturated heterocycles. The van der Waals surface area contributed by atoms with Crippen molar-refractivity contribution >= 4 is 22.4 Å². The fourth-order valence-electron chi connectivity index (χ4n) is 3.95. The number of fused-ring (bicyclic) bond motifs is 2. The highest BCUT2D eigenvalue weighted by Crippen LogP contribution is 2.24. The van der Waals surface area contributed by atoms with Crippen molar-refractivity contribution in [2.75, 3.05) is 11.9 Å². The molecule has 4 heterocycles. The highest BCUT2D eigenvalue weighted by atomic mass is 19.1. The Morgan fingerprint density at radius 1 is 1.23 bits per heavy atom. The molecule has 7 nitrogen and oxygen atoms in total.